The topological polar surface area (TPSA) is 88.1 Å². The molecule has 4 atom stereocenters. The van der Waals surface area contributed by atoms with Gasteiger partial charge in [-0.25, -0.2) is 0 Å². The molecular formula is C34H56F2O7. The second kappa shape index (κ2) is 20.2. The van der Waals surface area contributed by atoms with E-state index in [0.717, 1.165) is 76.2 Å². The number of carbonyl (C=O) groups excluding carboxylic acids is 3. The summed E-state index contributed by atoms with van der Waals surface area (Å²) in [6.45, 7) is 7.68. The molecule has 0 bridgehead atoms. The molecule has 2 fully saturated rings. The lowest BCUT2D eigenvalue weighted by Gasteiger charge is -2.27. The molecule has 2 aliphatic rings. The monoisotopic (exact) mass is 614 g/mol. The summed E-state index contributed by atoms with van der Waals surface area (Å²) in [4.78, 5) is 36.3. The number of esters is 2. The van der Waals surface area contributed by atoms with E-state index in [1.165, 1.54) is 6.92 Å². The van der Waals surface area contributed by atoms with Crippen molar-refractivity contribution in [3.8, 4) is 0 Å². The second-order valence-corrected chi connectivity index (χ2v) is 12.5. The highest BCUT2D eigenvalue weighted by molar-refractivity contribution is 5.86. The van der Waals surface area contributed by atoms with Crippen LogP contribution in [-0.4, -0.2) is 54.9 Å². The van der Waals surface area contributed by atoms with Crippen molar-refractivity contribution in [1.82, 2.24) is 0 Å². The molecule has 0 spiro atoms. The number of carbonyl (C=O) groups is 3. The molecule has 0 aromatic carbocycles. The molecule has 2 rings (SSSR count). The highest BCUT2D eigenvalue weighted by Crippen LogP contribution is 2.41. The number of halogens is 2. The van der Waals surface area contributed by atoms with E-state index in [1.54, 1.807) is 6.08 Å². The molecule has 1 heterocycles. The first-order valence-corrected chi connectivity index (χ1v) is 16.8. The minimum absolute atomic E-state index is 0.0943. The average molecular weight is 615 g/mol. The Balaban J connectivity index is 2.02. The smallest absolute Gasteiger partial charge is 0.306 e. The van der Waals surface area contributed by atoms with E-state index in [9.17, 15) is 23.2 Å². The summed E-state index contributed by atoms with van der Waals surface area (Å²) in [5.74, 6) is -5.18. The van der Waals surface area contributed by atoms with Crippen LogP contribution in [0.1, 0.15) is 143 Å². The molecule has 1 aliphatic carbocycles. The number of ketones is 1. The minimum atomic E-state index is -3.36. The normalized spacial score (nSPS) is 23.6. The van der Waals surface area contributed by atoms with Crippen molar-refractivity contribution in [2.24, 2.45) is 5.92 Å². The Morgan fingerprint density at radius 1 is 1.00 bits per heavy atom. The van der Waals surface area contributed by atoms with Crippen LogP contribution in [0.2, 0.25) is 0 Å². The molecule has 0 N–H and O–H groups in total. The largest absolute Gasteiger partial charge is 0.463 e. The molecule has 0 aromatic heterocycles. The Morgan fingerprint density at radius 2 is 1.70 bits per heavy atom. The van der Waals surface area contributed by atoms with Gasteiger partial charge in [0.25, 0.3) is 0 Å². The number of unbranched alkanes of at least 4 members (excludes halogenated alkanes) is 8. The first-order chi connectivity index (χ1) is 20.5. The zero-order valence-corrected chi connectivity index (χ0v) is 27.0. The highest BCUT2D eigenvalue weighted by atomic mass is 19.3. The van der Waals surface area contributed by atoms with E-state index in [4.69, 9.17) is 18.9 Å². The predicted octanol–water partition coefficient (Wildman–Crippen LogP) is 8.41. The third-order valence-electron chi connectivity index (χ3n) is 8.25. The molecule has 9 heteroatoms. The molecule has 7 nitrogen and oxygen atoms in total. The van der Waals surface area contributed by atoms with Gasteiger partial charge in [-0.2, -0.15) is 8.78 Å². The summed E-state index contributed by atoms with van der Waals surface area (Å²) >= 11 is 0. The number of rotatable bonds is 21. The molecule has 1 saturated heterocycles. The summed E-state index contributed by atoms with van der Waals surface area (Å²) in [6, 6.07) is 0. The van der Waals surface area contributed by atoms with Crippen molar-refractivity contribution in [3.05, 3.63) is 11.6 Å². The highest BCUT2D eigenvalue weighted by Gasteiger charge is 2.43. The van der Waals surface area contributed by atoms with Crippen molar-refractivity contribution >= 4 is 17.7 Å². The van der Waals surface area contributed by atoms with Gasteiger partial charge in [0.05, 0.1) is 12.2 Å². The summed E-state index contributed by atoms with van der Waals surface area (Å²) < 4.78 is 52.4. The van der Waals surface area contributed by atoms with Crippen LogP contribution >= 0.6 is 0 Å². The van der Waals surface area contributed by atoms with Gasteiger partial charge in [-0.1, -0.05) is 64.4 Å². The van der Waals surface area contributed by atoms with Gasteiger partial charge < -0.3 is 18.9 Å². The van der Waals surface area contributed by atoms with E-state index in [-0.39, 0.29) is 24.4 Å². The van der Waals surface area contributed by atoms with Crippen LogP contribution in [0.4, 0.5) is 8.78 Å². The van der Waals surface area contributed by atoms with Gasteiger partial charge in [0, 0.05) is 45.1 Å². The lowest BCUT2D eigenvalue weighted by atomic mass is 9.91. The maximum Gasteiger partial charge on any atom is 0.306 e. The predicted molar refractivity (Wildman–Crippen MR) is 162 cm³/mol. The molecule has 0 aromatic rings. The lowest BCUT2D eigenvalue weighted by Crippen LogP contribution is -2.29. The molecule has 0 amide bonds. The van der Waals surface area contributed by atoms with Gasteiger partial charge in [0.2, 0.25) is 5.78 Å². The van der Waals surface area contributed by atoms with Gasteiger partial charge in [0.15, 0.2) is 6.29 Å². The fourth-order valence-corrected chi connectivity index (χ4v) is 6.02. The molecule has 43 heavy (non-hydrogen) atoms. The SMILES string of the molecule is CCCCCCC(F)(F)C(=O)CC=C1[C@@H](CCCCCCCCC(=O)OC(C)C)[C@@H](OC(C)=O)C[C@H]1OC1CCCCO1. The fraction of sp³-hybridized carbons (Fsp3) is 0.853. The molecule has 0 radical (unpaired) electrons. The second-order valence-electron chi connectivity index (χ2n) is 12.5. The van der Waals surface area contributed by atoms with Crippen LogP contribution in [0, 0.1) is 5.92 Å². The number of hydrogen-bond acceptors (Lipinski definition) is 7. The Kier molecular flexibility index (Phi) is 17.5. The van der Waals surface area contributed by atoms with Gasteiger partial charge in [-0.15, -0.1) is 0 Å². The molecule has 1 unspecified atom stereocenters. The number of Topliss-reactive ketones (excluding diaryl/α,β-unsaturated/α-hetero) is 1. The van der Waals surface area contributed by atoms with E-state index in [2.05, 4.69) is 0 Å². The van der Waals surface area contributed by atoms with Crippen molar-refractivity contribution in [3.63, 3.8) is 0 Å². The maximum atomic E-state index is 14.7. The van der Waals surface area contributed by atoms with Crippen LogP contribution < -0.4 is 0 Å². The third-order valence-corrected chi connectivity index (χ3v) is 8.25. The van der Waals surface area contributed by atoms with Gasteiger partial charge in [-0.05, 0) is 57.9 Å². The van der Waals surface area contributed by atoms with E-state index < -0.39 is 42.6 Å². The van der Waals surface area contributed by atoms with Crippen molar-refractivity contribution in [2.75, 3.05) is 6.61 Å². The Labute approximate surface area is 257 Å². The third kappa shape index (κ3) is 14.6. The van der Waals surface area contributed by atoms with Crippen LogP contribution in [0.25, 0.3) is 0 Å². The fourth-order valence-electron chi connectivity index (χ4n) is 6.02. The number of allylic oxidation sites excluding steroid dienone is 1. The van der Waals surface area contributed by atoms with E-state index in [0.29, 0.717) is 38.7 Å². The van der Waals surface area contributed by atoms with Crippen LogP contribution in [0.3, 0.4) is 0 Å². The minimum Gasteiger partial charge on any atom is -0.463 e. The number of alkyl halides is 2. The molecule has 1 aliphatic heterocycles. The first-order valence-electron chi connectivity index (χ1n) is 16.8. The van der Waals surface area contributed by atoms with E-state index >= 15 is 0 Å². The summed E-state index contributed by atoms with van der Waals surface area (Å²) in [5.41, 5.74) is 0.777. The van der Waals surface area contributed by atoms with Crippen molar-refractivity contribution in [1.29, 1.82) is 0 Å². The van der Waals surface area contributed by atoms with Crippen LogP contribution in [-0.2, 0) is 33.3 Å². The van der Waals surface area contributed by atoms with E-state index in [1.807, 2.05) is 20.8 Å². The molecule has 248 valence electrons. The number of ether oxygens (including phenoxy) is 4. The summed E-state index contributed by atoms with van der Waals surface area (Å²) in [7, 11) is 0. The van der Waals surface area contributed by atoms with Crippen molar-refractivity contribution < 1.29 is 42.1 Å². The molecule has 1 saturated carbocycles. The summed E-state index contributed by atoms with van der Waals surface area (Å²) in [6.07, 6.45) is 12.1. The van der Waals surface area contributed by atoms with Crippen LogP contribution in [0.5, 0.6) is 0 Å². The Morgan fingerprint density at radius 3 is 2.35 bits per heavy atom. The average Bonchev–Trinajstić information content (AvgIpc) is 3.25. The lowest BCUT2D eigenvalue weighted by molar-refractivity contribution is -0.181. The zero-order valence-electron chi connectivity index (χ0n) is 27.0. The Bertz CT molecular complexity index is 867. The Hall–Kier alpha value is -1.87. The standard InChI is InChI=1S/C34H56F2O7/c1-5-6-7-15-22-34(35,36)31(38)21-20-28-27(17-12-10-8-9-11-13-18-32(39)41-25(2)3)29(42-26(4)37)24-30(28)43-33-19-14-16-23-40-33/h20,25,27,29-30,33H,5-19,21-24H2,1-4H3/t27-,29+,30-,33?/m1/s1. The van der Waals surface area contributed by atoms with Gasteiger partial charge in [0.1, 0.15) is 6.10 Å². The molecular weight excluding hydrogens is 558 g/mol. The van der Waals surface area contributed by atoms with Crippen LogP contribution in [0.15, 0.2) is 11.6 Å². The quantitative estimate of drug-likeness (QED) is 0.0729. The van der Waals surface area contributed by atoms with Gasteiger partial charge >= 0.3 is 17.9 Å². The van der Waals surface area contributed by atoms with Crippen molar-refractivity contribution in [2.45, 2.75) is 174 Å². The van der Waals surface area contributed by atoms with Gasteiger partial charge in [-0.3, -0.25) is 14.4 Å². The maximum absolute atomic E-state index is 14.7. The first kappa shape index (κ1) is 37.3. The summed E-state index contributed by atoms with van der Waals surface area (Å²) in [5, 5.41) is 0. The zero-order chi connectivity index (χ0) is 31.7. The number of hydrogen-bond donors (Lipinski definition) is 0.